The molecule has 2 aliphatic heterocycles. The molecular weight excluding hydrogens is 356 g/mol. The monoisotopic (exact) mass is 382 g/mol. The summed E-state index contributed by atoms with van der Waals surface area (Å²) in [5.41, 5.74) is 0.275. The SMILES string of the molecule is C[C@H]1CN(CCOC2CCN(C(=O)c3ncncc3Cl)CC2)C[C@H](C)O1. The molecule has 0 aromatic carbocycles. The predicted molar refractivity (Wildman–Crippen MR) is 98.4 cm³/mol. The lowest BCUT2D eigenvalue weighted by molar-refractivity contribution is -0.0780. The van der Waals surface area contributed by atoms with Crippen molar-refractivity contribution in [1.82, 2.24) is 19.8 Å². The van der Waals surface area contributed by atoms with Crippen LogP contribution in [0.25, 0.3) is 0 Å². The van der Waals surface area contributed by atoms with Gasteiger partial charge in [0, 0.05) is 38.9 Å². The zero-order valence-corrected chi connectivity index (χ0v) is 16.2. The zero-order chi connectivity index (χ0) is 18.5. The van der Waals surface area contributed by atoms with Crippen molar-refractivity contribution in [3.63, 3.8) is 0 Å². The molecule has 0 N–H and O–H groups in total. The van der Waals surface area contributed by atoms with Crippen LogP contribution in [0.15, 0.2) is 12.5 Å². The third-order valence-electron chi connectivity index (χ3n) is 4.86. The lowest BCUT2D eigenvalue weighted by Gasteiger charge is -2.36. The van der Waals surface area contributed by atoms with Gasteiger partial charge in [-0.15, -0.1) is 0 Å². The highest BCUT2D eigenvalue weighted by molar-refractivity contribution is 6.33. The molecule has 1 amide bonds. The van der Waals surface area contributed by atoms with Gasteiger partial charge in [0.25, 0.3) is 5.91 Å². The van der Waals surface area contributed by atoms with E-state index in [1.54, 1.807) is 4.90 Å². The average molecular weight is 383 g/mol. The topological polar surface area (TPSA) is 67.8 Å². The normalized spacial score (nSPS) is 25.4. The van der Waals surface area contributed by atoms with E-state index in [-0.39, 0.29) is 29.9 Å². The van der Waals surface area contributed by atoms with Crippen molar-refractivity contribution in [2.45, 2.75) is 45.0 Å². The summed E-state index contributed by atoms with van der Waals surface area (Å²) in [4.78, 5) is 24.5. The highest BCUT2D eigenvalue weighted by Crippen LogP contribution is 2.19. The van der Waals surface area contributed by atoms with Crippen molar-refractivity contribution >= 4 is 17.5 Å². The third kappa shape index (κ3) is 5.13. The van der Waals surface area contributed by atoms with Gasteiger partial charge >= 0.3 is 0 Å². The van der Waals surface area contributed by atoms with E-state index in [9.17, 15) is 4.79 Å². The average Bonchev–Trinajstić information content (AvgIpc) is 2.61. The van der Waals surface area contributed by atoms with Crippen LogP contribution in [0.4, 0.5) is 0 Å². The summed E-state index contributed by atoms with van der Waals surface area (Å²) in [6.07, 6.45) is 5.24. The van der Waals surface area contributed by atoms with Gasteiger partial charge in [0.2, 0.25) is 0 Å². The summed E-state index contributed by atoms with van der Waals surface area (Å²) in [5, 5.41) is 0.296. The molecule has 144 valence electrons. The Labute approximate surface area is 159 Å². The number of halogens is 1. The fourth-order valence-corrected chi connectivity index (χ4v) is 3.85. The number of morpholine rings is 1. The Balaban J connectivity index is 1.39. The van der Waals surface area contributed by atoms with Crippen LogP contribution in [0.2, 0.25) is 5.02 Å². The number of nitrogens with zero attached hydrogens (tertiary/aromatic N) is 4. The second-order valence-electron chi connectivity index (χ2n) is 7.10. The maximum Gasteiger partial charge on any atom is 0.274 e. The summed E-state index contributed by atoms with van der Waals surface area (Å²) in [5.74, 6) is -0.132. The lowest BCUT2D eigenvalue weighted by atomic mass is 10.1. The van der Waals surface area contributed by atoms with Gasteiger partial charge in [-0.05, 0) is 26.7 Å². The molecule has 0 radical (unpaired) electrons. The molecule has 2 atom stereocenters. The number of amides is 1. The van der Waals surface area contributed by atoms with E-state index >= 15 is 0 Å². The molecular formula is C18H27ClN4O3. The van der Waals surface area contributed by atoms with Crippen molar-refractivity contribution < 1.29 is 14.3 Å². The Bertz CT molecular complexity index is 600. The number of piperidine rings is 1. The number of hydrogen-bond donors (Lipinski definition) is 0. The largest absolute Gasteiger partial charge is 0.377 e. The highest BCUT2D eigenvalue weighted by atomic mass is 35.5. The van der Waals surface area contributed by atoms with E-state index in [0.29, 0.717) is 18.1 Å². The second kappa shape index (κ2) is 9.08. The van der Waals surface area contributed by atoms with Gasteiger partial charge in [-0.3, -0.25) is 9.69 Å². The first-order valence-electron chi connectivity index (χ1n) is 9.27. The minimum Gasteiger partial charge on any atom is -0.377 e. The van der Waals surface area contributed by atoms with Crippen LogP contribution in [0.1, 0.15) is 37.2 Å². The second-order valence-corrected chi connectivity index (χ2v) is 7.51. The van der Waals surface area contributed by atoms with Crippen LogP contribution < -0.4 is 0 Å². The van der Waals surface area contributed by atoms with Gasteiger partial charge in [-0.1, -0.05) is 11.6 Å². The molecule has 3 heterocycles. The quantitative estimate of drug-likeness (QED) is 0.774. The standard InChI is InChI=1S/C18H27ClN4O3/c1-13-10-22(11-14(2)26-13)7-8-25-15-3-5-23(6-4-15)18(24)17-16(19)9-20-12-21-17/h9,12-15H,3-8,10-11H2,1-2H3/t13-,14-/m0/s1. The molecule has 0 saturated carbocycles. The molecule has 0 bridgehead atoms. The van der Waals surface area contributed by atoms with E-state index in [4.69, 9.17) is 21.1 Å². The number of carbonyl (C=O) groups excluding carboxylic acids is 1. The molecule has 3 rings (SSSR count). The summed E-state index contributed by atoms with van der Waals surface area (Å²) >= 11 is 6.02. The molecule has 2 saturated heterocycles. The van der Waals surface area contributed by atoms with E-state index < -0.39 is 0 Å². The number of hydrogen-bond acceptors (Lipinski definition) is 6. The summed E-state index contributed by atoms with van der Waals surface area (Å²) < 4.78 is 11.8. The molecule has 2 aliphatic rings. The molecule has 8 heteroatoms. The zero-order valence-electron chi connectivity index (χ0n) is 15.4. The van der Waals surface area contributed by atoms with Crippen LogP contribution in [-0.4, -0.2) is 83.3 Å². The van der Waals surface area contributed by atoms with Crippen LogP contribution in [0, 0.1) is 0 Å². The van der Waals surface area contributed by atoms with Crippen LogP contribution >= 0.6 is 11.6 Å². The summed E-state index contributed by atoms with van der Waals surface area (Å²) in [6, 6.07) is 0. The first kappa shape index (κ1) is 19.5. The molecule has 26 heavy (non-hydrogen) atoms. The first-order chi connectivity index (χ1) is 12.5. The van der Waals surface area contributed by atoms with Gasteiger partial charge in [0.05, 0.1) is 29.9 Å². The molecule has 0 spiro atoms. The molecule has 2 fully saturated rings. The summed E-state index contributed by atoms with van der Waals surface area (Å²) in [7, 11) is 0. The maximum atomic E-state index is 12.5. The Kier molecular flexibility index (Phi) is 6.80. The predicted octanol–water partition coefficient (Wildman–Crippen LogP) is 1.86. The molecule has 0 aliphatic carbocycles. The van der Waals surface area contributed by atoms with E-state index in [1.165, 1.54) is 12.5 Å². The van der Waals surface area contributed by atoms with E-state index in [1.807, 2.05) is 0 Å². The number of aromatic nitrogens is 2. The first-order valence-corrected chi connectivity index (χ1v) is 9.65. The fourth-order valence-electron chi connectivity index (χ4n) is 3.66. The third-order valence-corrected chi connectivity index (χ3v) is 5.13. The van der Waals surface area contributed by atoms with Gasteiger partial charge in [-0.2, -0.15) is 0 Å². The Morgan fingerprint density at radius 1 is 1.31 bits per heavy atom. The van der Waals surface area contributed by atoms with Crippen molar-refractivity contribution in [2.75, 3.05) is 39.3 Å². The number of rotatable bonds is 5. The lowest BCUT2D eigenvalue weighted by Crippen LogP contribution is -2.47. The molecule has 1 aromatic rings. The number of likely N-dealkylation sites (tertiary alicyclic amines) is 1. The Morgan fingerprint density at radius 2 is 2.00 bits per heavy atom. The van der Waals surface area contributed by atoms with Crippen molar-refractivity contribution in [2.24, 2.45) is 0 Å². The Hall–Kier alpha value is -1.28. The van der Waals surface area contributed by atoms with Gasteiger partial charge in [0.1, 0.15) is 12.0 Å². The van der Waals surface area contributed by atoms with Crippen molar-refractivity contribution in [3.05, 3.63) is 23.2 Å². The number of ether oxygens (including phenoxy) is 2. The van der Waals surface area contributed by atoms with Crippen molar-refractivity contribution in [1.29, 1.82) is 0 Å². The fraction of sp³-hybridized carbons (Fsp3) is 0.722. The van der Waals surface area contributed by atoms with Gasteiger partial charge in [-0.25, -0.2) is 9.97 Å². The van der Waals surface area contributed by atoms with Crippen LogP contribution in [0.5, 0.6) is 0 Å². The summed E-state index contributed by atoms with van der Waals surface area (Å²) in [6.45, 7) is 9.11. The minimum absolute atomic E-state index is 0.132. The smallest absolute Gasteiger partial charge is 0.274 e. The Morgan fingerprint density at radius 3 is 2.65 bits per heavy atom. The van der Waals surface area contributed by atoms with Gasteiger partial charge < -0.3 is 14.4 Å². The van der Waals surface area contributed by atoms with Crippen LogP contribution in [-0.2, 0) is 9.47 Å². The molecule has 7 nitrogen and oxygen atoms in total. The number of carbonyl (C=O) groups is 1. The highest BCUT2D eigenvalue weighted by Gasteiger charge is 2.27. The van der Waals surface area contributed by atoms with E-state index in [0.717, 1.165) is 39.1 Å². The van der Waals surface area contributed by atoms with Crippen molar-refractivity contribution in [3.8, 4) is 0 Å². The molecule has 1 aromatic heterocycles. The minimum atomic E-state index is -0.132. The van der Waals surface area contributed by atoms with E-state index in [2.05, 4.69) is 28.7 Å². The van der Waals surface area contributed by atoms with Crippen LogP contribution in [0.3, 0.4) is 0 Å². The maximum absolute atomic E-state index is 12.5. The van der Waals surface area contributed by atoms with Gasteiger partial charge in [0.15, 0.2) is 0 Å². The molecule has 0 unspecified atom stereocenters.